The Labute approximate surface area is 95.4 Å². The lowest BCUT2D eigenvalue weighted by Gasteiger charge is -2.26. The lowest BCUT2D eigenvalue weighted by Crippen LogP contribution is -2.32. The third-order valence-corrected chi connectivity index (χ3v) is 2.99. The van der Waals surface area contributed by atoms with Gasteiger partial charge in [-0.25, -0.2) is 0 Å². The highest BCUT2D eigenvalue weighted by Gasteiger charge is 2.13. The molecule has 1 N–H and O–H groups in total. The van der Waals surface area contributed by atoms with Gasteiger partial charge in [0.2, 0.25) is 0 Å². The summed E-state index contributed by atoms with van der Waals surface area (Å²) in [7, 11) is 0. The van der Waals surface area contributed by atoms with Crippen molar-refractivity contribution < 1.29 is 0 Å². The van der Waals surface area contributed by atoms with Gasteiger partial charge in [0.25, 0.3) is 0 Å². The summed E-state index contributed by atoms with van der Waals surface area (Å²) in [6, 6.07) is 8.01. The van der Waals surface area contributed by atoms with Gasteiger partial charge in [0.15, 0.2) is 0 Å². The van der Waals surface area contributed by atoms with Gasteiger partial charge >= 0.3 is 0 Å². The van der Waals surface area contributed by atoms with Crippen molar-refractivity contribution in [2.45, 2.75) is 19.4 Å². The molecule has 1 fully saturated rings. The minimum absolute atomic E-state index is 0.803. The van der Waals surface area contributed by atoms with Gasteiger partial charge in [0.05, 0.1) is 0 Å². The van der Waals surface area contributed by atoms with Gasteiger partial charge in [0, 0.05) is 30.4 Å². The summed E-state index contributed by atoms with van der Waals surface area (Å²) in [5, 5.41) is 8.35. The van der Waals surface area contributed by atoms with Crippen molar-refractivity contribution in [3.05, 3.63) is 34.9 Å². The second kappa shape index (κ2) is 4.77. The van der Waals surface area contributed by atoms with E-state index in [2.05, 4.69) is 11.0 Å². The molecule has 1 aliphatic rings. The van der Waals surface area contributed by atoms with E-state index in [1.165, 1.54) is 5.56 Å². The summed E-state index contributed by atoms with van der Waals surface area (Å²) in [6.07, 6.45) is 1.83. The molecular weight excluding hydrogens is 208 g/mol. The van der Waals surface area contributed by atoms with Crippen molar-refractivity contribution >= 4 is 17.3 Å². The highest BCUT2D eigenvalue weighted by molar-refractivity contribution is 6.30. The van der Waals surface area contributed by atoms with Crippen LogP contribution in [0.1, 0.15) is 18.4 Å². The second-order valence-corrected chi connectivity index (χ2v) is 4.45. The van der Waals surface area contributed by atoms with E-state index in [0.717, 1.165) is 43.2 Å². The van der Waals surface area contributed by atoms with Crippen LogP contribution in [0.15, 0.2) is 24.3 Å². The van der Waals surface area contributed by atoms with Crippen LogP contribution in [-0.2, 0) is 6.54 Å². The fourth-order valence-corrected chi connectivity index (χ4v) is 2.09. The molecule has 0 unspecified atom stereocenters. The molecule has 0 bridgehead atoms. The molecule has 1 aromatic rings. The van der Waals surface area contributed by atoms with Crippen molar-refractivity contribution in [3.8, 4) is 0 Å². The maximum absolute atomic E-state index is 7.54. The quantitative estimate of drug-likeness (QED) is 0.819. The molecule has 0 aliphatic carbocycles. The Kier molecular flexibility index (Phi) is 3.39. The molecular formula is C12H15ClN2. The monoisotopic (exact) mass is 222 g/mol. The predicted octanol–water partition coefficient (Wildman–Crippen LogP) is 2.96. The lowest BCUT2D eigenvalue weighted by molar-refractivity contribution is 0.266. The average Bonchev–Trinajstić information content (AvgIpc) is 2.22. The van der Waals surface area contributed by atoms with Crippen LogP contribution in [0.2, 0.25) is 5.02 Å². The number of hydrogen-bond acceptors (Lipinski definition) is 2. The van der Waals surface area contributed by atoms with Crippen LogP contribution in [0, 0.1) is 5.41 Å². The average molecular weight is 223 g/mol. The van der Waals surface area contributed by atoms with Gasteiger partial charge in [-0.1, -0.05) is 23.7 Å². The van der Waals surface area contributed by atoms with Crippen molar-refractivity contribution in [1.82, 2.24) is 4.90 Å². The largest absolute Gasteiger partial charge is 0.310 e. The smallest absolute Gasteiger partial charge is 0.0409 e. The number of nitrogens with zero attached hydrogens (tertiary/aromatic N) is 1. The zero-order valence-corrected chi connectivity index (χ0v) is 9.43. The molecule has 1 aliphatic heterocycles. The molecule has 1 aromatic carbocycles. The fourth-order valence-electron chi connectivity index (χ4n) is 1.87. The fraction of sp³-hybridized carbons (Fsp3) is 0.417. The van der Waals surface area contributed by atoms with Gasteiger partial charge < -0.3 is 5.41 Å². The van der Waals surface area contributed by atoms with Gasteiger partial charge in [-0.05, 0) is 30.5 Å². The van der Waals surface area contributed by atoms with Crippen molar-refractivity contribution in [2.24, 2.45) is 0 Å². The summed E-state index contributed by atoms with van der Waals surface area (Å²) in [5.41, 5.74) is 2.15. The van der Waals surface area contributed by atoms with Crippen LogP contribution in [0.3, 0.4) is 0 Å². The number of benzene rings is 1. The molecule has 0 spiro atoms. The van der Waals surface area contributed by atoms with Crippen LogP contribution >= 0.6 is 11.6 Å². The van der Waals surface area contributed by atoms with E-state index < -0.39 is 0 Å². The van der Waals surface area contributed by atoms with Crippen LogP contribution in [-0.4, -0.2) is 23.7 Å². The SMILES string of the molecule is N=C1CCN(Cc2cccc(Cl)c2)CC1. The summed E-state index contributed by atoms with van der Waals surface area (Å²) in [4.78, 5) is 2.38. The van der Waals surface area contributed by atoms with Gasteiger partial charge in [0.1, 0.15) is 0 Å². The maximum atomic E-state index is 7.54. The molecule has 0 radical (unpaired) electrons. The molecule has 80 valence electrons. The highest BCUT2D eigenvalue weighted by Crippen LogP contribution is 2.15. The normalized spacial score (nSPS) is 18.1. The summed E-state index contributed by atoms with van der Waals surface area (Å²) in [5.74, 6) is 0. The number of rotatable bonds is 2. The molecule has 2 rings (SSSR count). The minimum Gasteiger partial charge on any atom is -0.310 e. The predicted molar refractivity (Wildman–Crippen MR) is 63.7 cm³/mol. The Balaban J connectivity index is 1.94. The Hall–Kier alpha value is -0.860. The first-order valence-electron chi connectivity index (χ1n) is 5.27. The van der Waals surface area contributed by atoms with E-state index in [9.17, 15) is 0 Å². The summed E-state index contributed by atoms with van der Waals surface area (Å²) in [6.45, 7) is 2.96. The molecule has 0 aromatic heterocycles. The van der Waals surface area contributed by atoms with Crippen molar-refractivity contribution in [3.63, 3.8) is 0 Å². The summed E-state index contributed by atoms with van der Waals surface area (Å²) >= 11 is 5.93. The van der Waals surface area contributed by atoms with E-state index in [1.807, 2.05) is 18.2 Å². The molecule has 0 atom stereocenters. The second-order valence-electron chi connectivity index (χ2n) is 4.01. The zero-order valence-electron chi connectivity index (χ0n) is 8.67. The number of hydrogen-bond donors (Lipinski definition) is 1. The third-order valence-electron chi connectivity index (χ3n) is 2.75. The van der Waals surface area contributed by atoms with Gasteiger partial charge in [-0.2, -0.15) is 0 Å². The zero-order chi connectivity index (χ0) is 10.7. The molecule has 2 nitrogen and oxygen atoms in total. The van der Waals surface area contributed by atoms with E-state index in [1.54, 1.807) is 0 Å². The Morgan fingerprint density at radius 2 is 2.00 bits per heavy atom. The van der Waals surface area contributed by atoms with Crippen LogP contribution in [0.25, 0.3) is 0 Å². The standard InChI is InChI=1S/C12H15ClN2/c13-11-3-1-2-10(8-11)9-15-6-4-12(14)5-7-15/h1-3,8,14H,4-7,9H2. The van der Waals surface area contributed by atoms with Crippen LogP contribution < -0.4 is 0 Å². The van der Waals surface area contributed by atoms with Gasteiger partial charge in [-0.15, -0.1) is 0 Å². The molecule has 15 heavy (non-hydrogen) atoms. The Morgan fingerprint density at radius 3 is 2.67 bits per heavy atom. The molecule has 1 heterocycles. The van der Waals surface area contributed by atoms with E-state index in [-0.39, 0.29) is 0 Å². The number of halogens is 1. The molecule has 3 heteroatoms. The molecule has 0 saturated carbocycles. The Bertz CT molecular complexity index is 352. The number of piperidine rings is 1. The minimum atomic E-state index is 0.803. The first kappa shape index (κ1) is 10.7. The van der Waals surface area contributed by atoms with Crippen LogP contribution in [0.4, 0.5) is 0 Å². The topological polar surface area (TPSA) is 27.1 Å². The maximum Gasteiger partial charge on any atom is 0.0409 e. The van der Waals surface area contributed by atoms with E-state index in [0.29, 0.717) is 0 Å². The first-order chi connectivity index (χ1) is 7.24. The van der Waals surface area contributed by atoms with E-state index >= 15 is 0 Å². The highest BCUT2D eigenvalue weighted by atomic mass is 35.5. The lowest BCUT2D eigenvalue weighted by atomic mass is 10.1. The van der Waals surface area contributed by atoms with Gasteiger partial charge in [-0.3, -0.25) is 4.90 Å². The molecule has 1 saturated heterocycles. The van der Waals surface area contributed by atoms with E-state index in [4.69, 9.17) is 17.0 Å². The third kappa shape index (κ3) is 3.05. The first-order valence-corrected chi connectivity index (χ1v) is 5.65. The van der Waals surface area contributed by atoms with Crippen LogP contribution in [0.5, 0.6) is 0 Å². The number of likely N-dealkylation sites (tertiary alicyclic amines) is 1. The summed E-state index contributed by atoms with van der Waals surface area (Å²) < 4.78 is 0. The van der Waals surface area contributed by atoms with Crippen molar-refractivity contribution in [1.29, 1.82) is 5.41 Å². The van der Waals surface area contributed by atoms with Crippen molar-refractivity contribution in [2.75, 3.05) is 13.1 Å². The Morgan fingerprint density at radius 1 is 1.27 bits per heavy atom. The number of nitrogens with one attached hydrogen (secondary N) is 1. The molecule has 0 amide bonds.